The quantitative estimate of drug-likeness (QED) is 0.521. The van der Waals surface area contributed by atoms with Crippen LogP contribution in [-0.2, 0) is 15.1 Å². The van der Waals surface area contributed by atoms with Crippen molar-refractivity contribution < 1.29 is 14.3 Å². The Kier molecular flexibility index (Phi) is 9.23. The van der Waals surface area contributed by atoms with E-state index in [1.807, 2.05) is 53.7 Å². The Bertz CT molecular complexity index is 538. The first-order chi connectivity index (χ1) is 10.8. The predicted octanol–water partition coefficient (Wildman–Crippen LogP) is 4.07. The molecular formula is C19H30ClNO3. The van der Waals surface area contributed by atoms with E-state index in [0.29, 0.717) is 12.2 Å². The highest BCUT2D eigenvalue weighted by atomic mass is 35.5. The maximum absolute atomic E-state index is 12.6. The number of likely N-dealkylation sites (N-methyl/N-ethyl adjacent to an activating group) is 1. The molecule has 136 valence electrons. The summed E-state index contributed by atoms with van der Waals surface area (Å²) in [5.74, 6) is -0.191. The molecule has 1 aromatic carbocycles. The van der Waals surface area contributed by atoms with Crippen molar-refractivity contribution in [3.63, 3.8) is 0 Å². The predicted molar refractivity (Wildman–Crippen MR) is 99.8 cm³/mol. The van der Waals surface area contributed by atoms with Crippen LogP contribution in [0.3, 0.4) is 0 Å². The average Bonchev–Trinajstić information content (AvgIpc) is 2.55. The number of hydrogen-bond acceptors (Lipinski definition) is 4. The molecule has 1 aromatic rings. The molecule has 1 rings (SSSR count). The number of ether oxygens (including phenoxy) is 1. The van der Waals surface area contributed by atoms with E-state index in [9.17, 15) is 9.59 Å². The number of nitrogens with zero attached hydrogens (tertiary/aromatic N) is 1. The van der Waals surface area contributed by atoms with E-state index >= 15 is 0 Å². The maximum Gasteiger partial charge on any atom is 0.330 e. The van der Waals surface area contributed by atoms with Crippen LogP contribution >= 0.6 is 12.4 Å². The zero-order chi connectivity index (χ0) is 17.6. The molecule has 0 spiro atoms. The number of hydrogen-bond donors (Lipinski definition) is 0. The van der Waals surface area contributed by atoms with E-state index in [2.05, 4.69) is 4.90 Å². The molecule has 0 bridgehead atoms. The molecule has 0 aliphatic rings. The number of rotatable bonds is 8. The standard InChI is InChI=1S/C19H29NO3.ClH/c1-7-20(8-2)19(6,18(22)23-9-3)16-12-10-15(11-13-16)17(21)14(4)5;/h10-14H,7-9H2,1-6H3;1H. The summed E-state index contributed by atoms with van der Waals surface area (Å²) in [6.07, 6.45) is 0. The van der Waals surface area contributed by atoms with Gasteiger partial charge in [-0.15, -0.1) is 12.4 Å². The third kappa shape index (κ3) is 4.58. The molecular weight excluding hydrogens is 326 g/mol. The third-order valence-corrected chi connectivity index (χ3v) is 4.32. The highest BCUT2D eigenvalue weighted by Gasteiger charge is 2.41. The van der Waals surface area contributed by atoms with Gasteiger partial charge in [0.25, 0.3) is 0 Å². The molecule has 1 unspecified atom stereocenters. The molecule has 0 aliphatic carbocycles. The largest absolute Gasteiger partial charge is 0.464 e. The van der Waals surface area contributed by atoms with Gasteiger partial charge in [-0.3, -0.25) is 9.69 Å². The molecule has 5 heteroatoms. The van der Waals surface area contributed by atoms with Crippen molar-refractivity contribution in [3.8, 4) is 0 Å². The molecule has 1 atom stereocenters. The van der Waals surface area contributed by atoms with Crippen LogP contribution in [0, 0.1) is 5.92 Å². The monoisotopic (exact) mass is 355 g/mol. The van der Waals surface area contributed by atoms with Crippen LogP contribution < -0.4 is 0 Å². The Balaban J connectivity index is 0.00000529. The van der Waals surface area contributed by atoms with Gasteiger partial charge in [0.15, 0.2) is 5.78 Å². The number of halogens is 1. The van der Waals surface area contributed by atoms with Crippen LogP contribution in [0.15, 0.2) is 24.3 Å². The smallest absolute Gasteiger partial charge is 0.330 e. The second-order valence-corrected chi connectivity index (χ2v) is 6.06. The van der Waals surface area contributed by atoms with Crippen molar-refractivity contribution in [2.24, 2.45) is 5.92 Å². The molecule has 24 heavy (non-hydrogen) atoms. The Morgan fingerprint density at radius 3 is 1.96 bits per heavy atom. The zero-order valence-electron chi connectivity index (χ0n) is 15.6. The van der Waals surface area contributed by atoms with Gasteiger partial charge in [0.05, 0.1) is 6.61 Å². The first-order valence-corrected chi connectivity index (χ1v) is 8.39. The van der Waals surface area contributed by atoms with Gasteiger partial charge in [-0.05, 0) is 32.5 Å². The Morgan fingerprint density at radius 2 is 1.58 bits per heavy atom. The topological polar surface area (TPSA) is 46.6 Å². The van der Waals surface area contributed by atoms with Crippen LogP contribution in [0.5, 0.6) is 0 Å². The molecule has 0 N–H and O–H groups in total. The Morgan fingerprint density at radius 1 is 1.08 bits per heavy atom. The fourth-order valence-electron chi connectivity index (χ4n) is 2.85. The van der Waals surface area contributed by atoms with Crippen molar-refractivity contribution >= 4 is 24.2 Å². The molecule has 0 fully saturated rings. The van der Waals surface area contributed by atoms with Crippen molar-refractivity contribution in [2.45, 2.75) is 47.1 Å². The molecule has 0 amide bonds. The first-order valence-electron chi connectivity index (χ1n) is 8.39. The SMILES string of the molecule is CCOC(=O)C(C)(c1ccc(C(=O)C(C)C)cc1)N(CC)CC.Cl. The van der Waals surface area contributed by atoms with Gasteiger partial charge in [0.1, 0.15) is 5.54 Å². The Hall–Kier alpha value is -1.39. The molecule has 0 saturated carbocycles. The summed E-state index contributed by atoms with van der Waals surface area (Å²) in [7, 11) is 0. The number of esters is 1. The number of benzene rings is 1. The molecule has 0 aromatic heterocycles. The second-order valence-electron chi connectivity index (χ2n) is 6.06. The van der Waals surface area contributed by atoms with Gasteiger partial charge in [-0.2, -0.15) is 0 Å². The summed E-state index contributed by atoms with van der Waals surface area (Å²) in [5.41, 5.74) is 0.674. The van der Waals surface area contributed by atoms with E-state index in [1.54, 1.807) is 12.1 Å². The fourth-order valence-corrected chi connectivity index (χ4v) is 2.85. The molecule has 0 heterocycles. The third-order valence-electron chi connectivity index (χ3n) is 4.32. The second kappa shape index (κ2) is 9.80. The summed E-state index contributed by atoms with van der Waals surface area (Å²) in [5, 5.41) is 0. The van der Waals surface area contributed by atoms with Gasteiger partial charge < -0.3 is 4.74 Å². The minimum Gasteiger partial charge on any atom is -0.464 e. The van der Waals surface area contributed by atoms with Crippen LogP contribution in [0.2, 0.25) is 0 Å². The number of carbonyl (C=O) groups is 2. The summed E-state index contributed by atoms with van der Waals surface area (Å²) in [4.78, 5) is 26.8. The summed E-state index contributed by atoms with van der Waals surface area (Å²) < 4.78 is 5.31. The van der Waals surface area contributed by atoms with Crippen molar-refractivity contribution in [2.75, 3.05) is 19.7 Å². The molecule has 0 radical (unpaired) electrons. The van der Waals surface area contributed by atoms with E-state index in [0.717, 1.165) is 18.7 Å². The molecule has 0 saturated heterocycles. The Labute approximate surface area is 152 Å². The van der Waals surface area contributed by atoms with Crippen molar-refractivity contribution in [3.05, 3.63) is 35.4 Å². The van der Waals surface area contributed by atoms with Gasteiger partial charge in [-0.25, -0.2) is 4.79 Å². The van der Waals surface area contributed by atoms with Gasteiger partial charge in [0.2, 0.25) is 0 Å². The number of Topliss-reactive ketones (excluding diaryl/α,β-unsaturated/α-hetero) is 1. The van der Waals surface area contributed by atoms with Crippen LogP contribution in [0.4, 0.5) is 0 Å². The fraction of sp³-hybridized carbons (Fsp3) is 0.579. The highest BCUT2D eigenvalue weighted by Crippen LogP contribution is 2.30. The number of carbonyl (C=O) groups excluding carboxylic acids is 2. The normalized spacial score (nSPS) is 13.3. The minimum atomic E-state index is -0.848. The summed E-state index contributed by atoms with van der Waals surface area (Å²) in [6.45, 7) is 13.3. The minimum absolute atomic E-state index is 0. The van der Waals surface area contributed by atoms with E-state index in [1.165, 1.54) is 0 Å². The van der Waals surface area contributed by atoms with Gasteiger partial charge >= 0.3 is 5.97 Å². The first kappa shape index (κ1) is 22.6. The summed E-state index contributed by atoms with van der Waals surface area (Å²) >= 11 is 0. The zero-order valence-corrected chi connectivity index (χ0v) is 16.4. The lowest BCUT2D eigenvalue weighted by molar-refractivity contribution is -0.157. The van der Waals surface area contributed by atoms with E-state index in [-0.39, 0.29) is 30.1 Å². The van der Waals surface area contributed by atoms with Crippen LogP contribution in [0.25, 0.3) is 0 Å². The van der Waals surface area contributed by atoms with Crippen LogP contribution in [-0.4, -0.2) is 36.3 Å². The van der Waals surface area contributed by atoms with E-state index < -0.39 is 5.54 Å². The van der Waals surface area contributed by atoms with Gasteiger partial charge in [0, 0.05) is 11.5 Å². The van der Waals surface area contributed by atoms with Gasteiger partial charge in [-0.1, -0.05) is 52.0 Å². The number of ketones is 1. The van der Waals surface area contributed by atoms with Crippen molar-refractivity contribution in [1.82, 2.24) is 4.90 Å². The molecule has 0 aliphatic heterocycles. The summed E-state index contributed by atoms with van der Waals surface area (Å²) in [6, 6.07) is 7.34. The molecule has 4 nitrogen and oxygen atoms in total. The lowest BCUT2D eigenvalue weighted by Crippen LogP contribution is -2.50. The average molecular weight is 356 g/mol. The maximum atomic E-state index is 12.6. The highest BCUT2D eigenvalue weighted by molar-refractivity contribution is 5.97. The van der Waals surface area contributed by atoms with Crippen molar-refractivity contribution in [1.29, 1.82) is 0 Å². The van der Waals surface area contributed by atoms with Crippen LogP contribution in [0.1, 0.15) is 57.5 Å². The van der Waals surface area contributed by atoms with E-state index in [4.69, 9.17) is 4.74 Å². The lowest BCUT2D eigenvalue weighted by atomic mass is 9.88. The lowest BCUT2D eigenvalue weighted by Gasteiger charge is -2.38.